The van der Waals surface area contributed by atoms with Gasteiger partial charge in [0.1, 0.15) is 10.1 Å². The molecule has 0 aromatic heterocycles. The molecule has 0 fully saturated rings. The Morgan fingerprint density at radius 2 is 1.86 bits per heavy atom. The van der Waals surface area contributed by atoms with E-state index in [0.29, 0.717) is 0 Å². The molecule has 68 valence electrons. The molecule has 1 heterocycles. The van der Waals surface area contributed by atoms with Crippen LogP contribution in [0.1, 0.15) is 6.42 Å². The smallest absolute Gasteiger partial charge is 0.859 e. The van der Waals surface area contributed by atoms with Gasteiger partial charge in [0.05, 0.1) is 6.42 Å². The predicted octanol–water partition coefficient (Wildman–Crippen LogP) is -9.08. The van der Waals surface area contributed by atoms with Crippen molar-refractivity contribution in [3.63, 3.8) is 0 Å². The number of rotatable bonds is 1. The van der Waals surface area contributed by atoms with Crippen molar-refractivity contribution in [1.82, 2.24) is 0 Å². The molecule has 10 heteroatoms. The van der Waals surface area contributed by atoms with E-state index in [1.165, 1.54) is 0 Å². The van der Waals surface area contributed by atoms with Gasteiger partial charge in [-0.05, 0) is 0 Å². The molecule has 1 unspecified atom stereocenters. The van der Waals surface area contributed by atoms with Crippen LogP contribution in [0.4, 0.5) is 0 Å². The number of carbonyl (C=O) groups excluding carboxylic acids is 1. The molecule has 0 radical (unpaired) electrons. The third-order valence-corrected chi connectivity index (χ3v) is 2.51. The molecule has 1 aliphatic heterocycles. The van der Waals surface area contributed by atoms with Crippen LogP contribution in [0.3, 0.4) is 0 Å². The zero-order valence-electron chi connectivity index (χ0n) is 7.55. The van der Waals surface area contributed by atoms with Gasteiger partial charge in [-0.25, -0.2) is 13.4 Å². The van der Waals surface area contributed by atoms with Crippen LogP contribution in [-0.2, 0) is 14.9 Å². The maximum absolute atomic E-state index is 10.5. The summed E-state index contributed by atoms with van der Waals surface area (Å²) in [5.41, 5.74) is 0. The normalized spacial score (nSPS) is 26.1. The first-order chi connectivity index (χ1) is 5.27. The van der Waals surface area contributed by atoms with Crippen molar-refractivity contribution in [1.29, 1.82) is 0 Å². The van der Waals surface area contributed by atoms with Crippen molar-refractivity contribution in [2.24, 2.45) is 4.99 Å². The zero-order chi connectivity index (χ0) is 9.57. The van der Waals surface area contributed by atoms with Gasteiger partial charge in [0.2, 0.25) is 5.91 Å². The molecule has 1 rings (SSSR count). The Bertz CT molecular complexity index is 364. The molecule has 1 aliphatic rings. The van der Waals surface area contributed by atoms with Crippen LogP contribution in [0.15, 0.2) is 4.99 Å². The Labute approximate surface area is 124 Å². The first kappa shape index (κ1) is 17.4. The van der Waals surface area contributed by atoms with Crippen LogP contribution in [0, 0.1) is 0 Å². The standard InChI is InChI=1S/C4H5NO6S.2Na/c6-2-1-4(8,3(7)5-2)12(9,10)11;;/h8H,1H2,(H,5,6,7)(H,9,10,11);;/q;2*+1/p-2. The zero-order valence-corrected chi connectivity index (χ0v) is 12.4. The molecular weight excluding hydrogens is 236 g/mol. The van der Waals surface area contributed by atoms with Gasteiger partial charge in [-0.3, -0.25) is 4.79 Å². The molecule has 14 heavy (non-hydrogen) atoms. The van der Waals surface area contributed by atoms with E-state index in [2.05, 4.69) is 4.99 Å². The molecule has 0 bridgehead atoms. The first-order valence-electron chi connectivity index (χ1n) is 2.74. The van der Waals surface area contributed by atoms with Crippen LogP contribution in [-0.4, -0.2) is 34.8 Å². The van der Waals surface area contributed by atoms with Crippen LogP contribution in [0.25, 0.3) is 0 Å². The van der Waals surface area contributed by atoms with Gasteiger partial charge < -0.3 is 14.8 Å². The molecule has 1 N–H and O–H groups in total. The van der Waals surface area contributed by atoms with Crippen LogP contribution >= 0.6 is 0 Å². The van der Waals surface area contributed by atoms with Gasteiger partial charge >= 0.3 is 59.1 Å². The van der Waals surface area contributed by atoms with Crippen molar-refractivity contribution >= 4 is 21.9 Å². The Hall–Kier alpha value is 1.01. The molecule has 0 saturated heterocycles. The van der Waals surface area contributed by atoms with Gasteiger partial charge in [0.25, 0.3) is 0 Å². The second kappa shape index (κ2) is 5.37. The van der Waals surface area contributed by atoms with Crippen molar-refractivity contribution in [2.75, 3.05) is 0 Å². The number of aliphatic imine (C=N–C) groups is 1. The molecule has 1 amide bonds. The number of aliphatic hydroxyl groups is 1. The van der Waals surface area contributed by atoms with Crippen LogP contribution in [0.5, 0.6) is 0 Å². The number of amides is 1. The van der Waals surface area contributed by atoms with Crippen molar-refractivity contribution in [2.45, 2.75) is 11.4 Å². The molecule has 0 saturated carbocycles. The summed E-state index contributed by atoms with van der Waals surface area (Å²) < 4.78 is 30.8. The fraction of sp³-hybridized carbons (Fsp3) is 0.500. The minimum absolute atomic E-state index is 0. The number of hydrogen-bond acceptors (Lipinski definition) is 6. The topological polar surface area (TPSA) is 130 Å². The van der Waals surface area contributed by atoms with E-state index in [1.54, 1.807) is 0 Å². The fourth-order valence-electron chi connectivity index (χ4n) is 0.716. The summed E-state index contributed by atoms with van der Waals surface area (Å²) >= 11 is 0. The van der Waals surface area contributed by atoms with E-state index < -0.39 is 33.3 Å². The fourth-order valence-corrected chi connectivity index (χ4v) is 1.28. The Kier molecular flexibility index (Phi) is 6.68. The Morgan fingerprint density at radius 1 is 1.43 bits per heavy atom. The quantitative estimate of drug-likeness (QED) is 0.357. The van der Waals surface area contributed by atoms with Crippen molar-refractivity contribution < 1.29 is 87.1 Å². The maximum Gasteiger partial charge on any atom is 1.00 e. The Balaban J connectivity index is 0. The maximum atomic E-state index is 10.5. The molecule has 0 aromatic carbocycles. The summed E-state index contributed by atoms with van der Waals surface area (Å²) in [5.74, 6) is -2.72. The molecule has 0 aromatic rings. The van der Waals surface area contributed by atoms with Gasteiger partial charge in [0, 0.05) is 5.90 Å². The Morgan fingerprint density at radius 3 is 2.00 bits per heavy atom. The van der Waals surface area contributed by atoms with Gasteiger partial charge in [-0.1, -0.05) is 0 Å². The van der Waals surface area contributed by atoms with Gasteiger partial charge in [-0.2, -0.15) is 0 Å². The molecule has 1 atom stereocenters. The number of nitrogens with zero attached hydrogens (tertiary/aromatic N) is 1. The molecule has 7 nitrogen and oxygen atoms in total. The average Bonchev–Trinajstić information content (AvgIpc) is 2.06. The molecular formula is C4H3NNa2O6S. The SMILES string of the molecule is O=C1CC(O)(S(=O)(=O)[O-])C([O-])=N1.[Na+].[Na+]. The summed E-state index contributed by atoms with van der Waals surface area (Å²) in [4.78, 5) is 9.79. The summed E-state index contributed by atoms with van der Waals surface area (Å²) in [6, 6.07) is 0. The monoisotopic (exact) mass is 239 g/mol. The second-order valence-corrected chi connectivity index (χ2v) is 3.81. The molecule has 0 spiro atoms. The predicted molar refractivity (Wildman–Crippen MR) is 31.7 cm³/mol. The summed E-state index contributed by atoms with van der Waals surface area (Å²) in [6.45, 7) is 0. The van der Waals surface area contributed by atoms with Gasteiger partial charge in [0.15, 0.2) is 4.93 Å². The summed E-state index contributed by atoms with van der Waals surface area (Å²) in [6.07, 6.45) is -1.09. The minimum Gasteiger partial charge on any atom is -0.859 e. The van der Waals surface area contributed by atoms with E-state index in [9.17, 15) is 22.9 Å². The van der Waals surface area contributed by atoms with E-state index >= 15 is 0 Å². The van der Waals surface area contributed by atoms with Gasteiger partial charge in [-0.15, -0.1) is 0 Å². The summed E-state index contributed by atoms with van der Waals surface area (Å²) in [7, 11) is -5.24. The van der Waals surface area contributed by atoms with Crippen molar-refractivity contribution in [3.8, 4) is 0 Å². The number of carbonyl (C=O) groups is 1. The van der Waals surface area contributed by atoms with E-state index in [0.717, 1.165) is 0 Å². The first-order valence-corrected chi connectivity index (χ1v) is 4.15. The van der Waals surface area contributed by atoms with Crippen LogP contribution in [0.2, 0.25) is 0 Å². The molecule has 0 aliphatic carbocycles. The summed E-state index contributed by atoms with van der Waals surface area (Å²) in [5, 5.41) is 19.4. The van der Waals surface area contributed by atoms with Crippen molar-refractivity contribution in [3.05, 3.63) is 0 Å². The largest absolute Gasteiger partial charge is 1.00 e. The van der Waals surface area contributed by atoms with E-state index in [1.807, 2.05) is 0 Å². The van der Waals surface area contributed by atoms with E-state index in [4.69, 9.17) is 5.11 Å². The minimum atomic E-state index is -5.24. The third kappa shape index (κ3) is 3.00. The third-order valence-electron chi connectivity index (χ3n) is 1.36. The number of hydrogen-bond donors (Lipinski definition) is 1. The van der Waals surface area contributed by atoms with Crippen LogP contribution < -0.4 is 64.2 Å². The van der Waals surface area contributed by atoms with E-state index in [-0.39, 0.29) is 59.1 Å². The second-order valence-electron chi connectivity index (χ2n) is 2.23. The average molecular weight is 239 g/mol.